The van der Waals surface area contributed by atoms with Crippen molar-refractivity contribution in [2.45, 2.75) is 34.5 Å². The van der Waals surface area contributed by atoms with E-state index in [0.717, 1.165) is 0 Å². The Hall–Kier alpha value is -0.328. The molecule has 112 valence electrons. The van der Waals surface area contributed by atoms with Gasteiger partial charge in [0.25, 0.3) is 0 Å². The third-order valence-corrected chi connectivity index (χ3v) is 12.4. The van der Waals surface area contributed by atoms with Crippen LogP contribution in [0.25, 0.3) is 0 Å². The van der Waals surface area contributed by atoms with Crippen molar-refractivity contribution < 1.29 is 0 Å². The minimum absolute atomic E-state index is 0.543. The summed E-state index contributed by atoms with van der Waals surface area (Å²) >= 11 is -0.543. The zero-order valence-electron chi connectivity index (χ0n) is 14.3. The molecule has 2 radical (unpaired) electrons. The van der Waals surface area contributed by atoms with E-state index < -0.39 is 35.7 Å². The molecule has 0 atom stereocenters. The third kappa shape index (κ3) is 6.98. The number of hydrogen-bond acceptors (Lipinski definition) is 0. The van der Waals surface area contributed by atoms with Crippen LogP contribution in [-0.2, 0) is 0 Å². The molecular weight excluding hydrogens is 391 g/mol. The second-order valence-corrected chi connectivity index (χ2v) is 27.8. The van der Waals surface area contributed by atoms with E-state index in [0.29, 0.717) is 0 Å². The number of rotatable bonds is 3. The summed E-state index contributed by atoms with van der Waals surface area (Å²) in [6.07, 6.45) is 0. The first-order valence-corrected chi connectivity index (χ1v) is 22.1. The Kier molecular flexibility index (Phi) is 7.98. The average molecular weight is 419 g/mol. The molecule has 0 aliphatic heterocycles. The van der Waals surface area contributed by atoms with E-state index in [2.05, 4.69) is 95.1 Å². The van der Waals surface area contributed by atoms with E-state index in [-0.39, 0.29) is 0 Å². The summed E-state index contributed by atoms with van der Waals surface area (Å²) in [5.74, 6) is 0. The third-order valence-electron chi connectivity index (χ3n) is 2.87. The van der Waals surface area contributed by atoms with Crippen LogP contribution in [0.2, 0.25) is 34.5 Å². The summed E-state index contributed by atoms with van der Waals surface area (Å²) in [4.78, 5) is 7.09. The van der Waals surface area contributed by atoms with Crippen molar-refractivity contribution in [2.75, 3.05) is 0 Å². The molecule has 2 aromatic carbocycles. The number of hydrogen-bond donors (Lipinski definition) is 0. The predicted molar refractivity (Wildman–Crippen MR) is 105 cm³/mol. The maximum atomic E-state index is 2.49. The first kappa shape index (κ1) is 18.7. The van der Waals surface area contributed by atoms with E-state index in [4.69, 9.17) is 0 Å². The van der Waals surface area contributed by atoms with Crippen molar-refractivity contribution in [3.63, 3.8) is 0 Å². The van der Waals surface area contributed by atoms with Crippen LogP contribution in [0.1, 0.15) is 0 Å². The summed E-state index contributed by atoms with van der Waals surface area (Å²) in [5.41, 5.74) is 0. The van der Waals surface area contributed by atoms with Gasteiger partial charge in [-0.15, -0.1) is 0 Å². The van der Waals surface area contributed by atoms with E-state index in [1.165, 1.54) is 0 Å². The summed E-state index contributed by atoms with van der Waals surface area (Å²) in [5, 5.41) is 3.12. The van der Waals surface area contributed by atoms with Crippen LogP contribution in [0.5, 0.6) is 0 Å². The van der Waals surface area contributed by atoms with Gasteiger partial charge in [-0.3, -0.25) is 0 Å². The van der Waals surface area contributed by atoms with Crippen molar-refractivity contribution in [1.82, 2.24) is 0 Å². The summed E-state index contributed by atoms with van der Waals surface area (Å²) in [7, 11) is -1.74. The van der Waals surface area contributed by atoms with Crippen molar-refractivity contribution in [3.8, 4) is 0 Å². The molecule has 3 heteroatoms. The molecule has 2 rings (SSSR count). The average Bonchev–Trinajstić information content (AvgIpc) is 2.39. The molecule has 0 aliphatic rings. The van der Waals surface area contributed by atoms with Gasteiger partial charge in [0.05, 0.1) is 0 Å². The van der Waals surface area contributed by atoms with E-state index >= 15 is 0 Å². The Morgan fingerprint density at radius 3 is 1.19 bits per heavy atom. The molecule has 0 bridgehead atoms. The predicted octanol–water partition coefficient (Wildman–Crippen LogP) is 4.08. The molecule has 0 N–H and O–H groups in total. The number of benzene rings is 2. The van der Waals surface area contributed by atoms with Crippen LogP contribution < -0.4 is 10.4 Å². The molecule has 0 nitrogen and oxygen atoms in total. The molecule has 0 spiro atoms. The van der Waals surface area contributed by atoms with Gasteiger partial charge >= 0.3 is 34.6 Å². The molecule has 0 aliphatic carbocycles. The van der Waals surface area contributed by atoms with Crippen molar-refractivity contribution >= 4 is 46.0 Å². The SMILES string of the molecule is C[Si](C)(C)[Si](c1ccccc1)c1ccccc1.[CH3][Sn]([CH3])[CH3]. The minimum atomic E-state index is -1.17. The van der Waals surface area contributed by atoms with Gasteiger partial charge in [0, 0.05) is 7.59 Å². The quantitative estimate of drug-likeness (QED) is 0.658. The van der Waals surface area contributed by atoms with Crippen LogP contribution in [0, 0.1) is 0 Å². The topological polar surface area (TPSA) is 0 Å². The molecule has 0 aromatic heterocycles. The van der Waals surface area contributed by atoms with Gasteiger partial charge < -0.3 is 0 Å². The molecule has 0 fully saturated rings. The van der Waals surface area contributed by atoms with Gasteiger partial charge in [-0.25, -0.2) is 0 Å². The Balaban J connectivity index is 0.000000491. The normalized spacial score (nSPS) is 11.2. The first-order chi connectivity index (χ1) is 9.82. The fourth-order valence-corrected chi connectivity index (χ4v) is 11.6. The van der Waals surface area contributed by atoms with Crippen molar-refractivity contribution in [1.29, 1.82) is 0 Å². The van der Waals surface area contributed by atoms with Gasteiger partial charge in [-0.1, -0.05) is 90.7 Å². The molecular formula is C18H28Si2Sn. The van der Waals surface area contributed by atoms with Gasteiger partial charge in [-0.05, 0) is 0 Å². The second kappa shape index (κ2) is 8.96. The van der Waals surface area contributed by atoms with Crippen LogP contribution in [0.3, 0.4) is 0 Å². The summed E-state index contributed by atoms with van der Waals surface area (Å²) in [6.45, 7) is 7.46. The second-order valence-electron chi connectivity index (χ2n) is 6.86. The zero-order chi connectivity index (χ0) is 15.9. The van der Waals surface area contributed by atoms with Crippen LogP contribution in [-0.4, -0.2) is 35.7 Å². The van der Waals surface area contributed by atoms with Gasteiger partial charge in [-0.2, -0.15) is 0 Å². The molecule has 21 heavy (non-hydrogen) atoms. The van der Waals surface area contributed by atoms with Crippen LogP contribution in [0.4, 0.5) is 0 Å². The van der Waals surface area contributed by atoms with Crippen LogP contribution in [0.15, 0.2) is 60.7 Å². The van der Waals surface area contributed by atoms with E-state index in [9.17, 15) is 0 Å². The standard InChI is InChI=1S/C15H19Si2.3CH3.Sn/c1-17(2,3)16(14-10-6-4-7-11-14)15-12-8-5-9-13-15;;;;/h4-13H,1-3H3;3*1H3;. The van der Waals surface area contributed by atoms with E-state index in [1.54, 1.807) is 10.4 Å². The fraction of sp³-hybridized carbons (Fsp3) is 0.333. The van der Waals surface area contributed by atoms with E-state index in [1.807, 2.05) is 0 Å². The van der Waals surface area contributed by atoms with Crippen LogP contribution >= 0.6 is 0 Å². The molecule has 0 saturated carbocycles. The van der Waals surface area contributed by atoms with Gasteiger partial charge in [0.1, 0.15) is 8.31 Å². The Bertz CT molecular complexity index is 461. The maximum absolute atomic E-state index is 2.49. The molecule has 2 aromatic rings. The summed E-state index contributed by atoms with van der Waals surface area (Å²) < 4.78 is 0. The first-order valence-electron chi connectivity index (χ1n) is 7.57. The van der Waals surface area contributed by atoms with Gasteiger partial charge in [0.15, 0.2) is 0 Å². The Morgan fingerprint density at radius 1 is 0.667 bits per heavy atom. The Labute approximate surface area is 140 Å². The fourth-order valence-electron chi connectivity index (χ4n) is 2.24. The monoisotopic (exact) mass is 420 g/mol. The van der Waals surface area contributed by atoms with Gasteiger partial charge in [0.2, 0.25) is 0 Å². The zero-order valence-corrected chi connectivity index (χ0v) is 19.1. The Morgan fingerprint density at radius 2 is 0.952 bits per heavy atom. The summed E-state index contributed by atoms with van der Waals surface area (Å²) in [6, 6.07) is 22.1. The van der Waals surface area contributed by atoms with Crippen molar-refractivity contribution in [2.24, 2.45) is 0 Å². The molecule has 0 unspecified atom stereocenters. The molecule has 0 amide bonds. The van der Waals surface area contributed by atoms with Crippen molar-refractivity contribution in [3.05, 3.63) is 60.7 Å². The molecule has 0 heterocycles. The molecule has 0 saturated heterocycles.